The molecule has 0 saturated heterocycles. The first-order chi connectivity index (χ1) is 6.69. The molecule has 0 bridgehead atoms. The fraction of sp³-hybridized carbons (Fsp3) is 0.300. The van der Waals surface area contributed by atoms with Gasteiger partial charge in [0, 0.05) is 18.2 Å². The summed E-state index contributed by atoms with van der Waals surface area (Å²) in [7, 11) is 1.47. The largest absolute Gasteiger partial charge is 0.380 e. The number of methoxy groups -OCH3 is 1. The summed E-state index contributed by atoms with van der Waals surface area (Å²) in [5.41, 5.74) is 5.98. The molecule has 0 atom stereocenters. The molecule has 1 aromatic rings. The second-order valence-corrected chi connectivity index (χ2v) is 2.87. The van der Waals surface area contributed by atoms with Crippen LogP contribution in [0.3, 0.4) is 0 Å². The predicted octanol–water partition coefficient (Wildman–Crippen LogP) is 1.11. The average molecular weight is 197 g/mol. The third-order valence-corrected chi connectivity index (χ3v) is 1.85. The highest BCUT2D eigenvalue weighted by molar-refractivity contribution is 5.97. The van der Waals surface area contributed by atoms with Gasteiger partial charge in [0.1, 0.15) is 5.82 Å². The van der Waals surface area contributed by atoms with E-state index in [2.05, 4.69) is 0 Å². The number of rotatable bonds is 4. The van der Waals surface area contributed by atoms with E-state index in [1.807, 2.05) is 0 Å². The zero-order valence-corrected chi connectivity index (χ0v) is 7.92. The summed E-state index contributed by atoms with van der Waals surface area (Å²) in [4.78, 5) is 11.2. The second kappa shape index (κ2) is 4.83. The van der Waals surface area contributed by atoms with Gasteiger partial charge in [-0.3, -0.25) is 4.79 Å². The summed E-state index contributed by atoms with van der Waals surface area (Å²) in [6.45, 7) is 0.0789. The highest BCUT2D eigenvalue weighted by atomic mass is 19.1. The molecule has 0 aliphatic carbocycles. The molecule has 1 aromatic carbocycles. The van der Waals surface area contributed by atoms with Crippen molar-refractivity contribution in [2.45, 2.75) is 6.61 Å². The first kappa shape index (κ1) is 10.8. The van der Waals surface area contributed by atoms with Gasteiger partial charge in [-0.2, -0.15) is 0 Å². The highest BCUT2D eigenvalue weighted by Crippen LogP contribution is 2.11. The topological polar surface area (TPSA) is 52.3 Å². The highest BCUT2D eigenvalue weighted by Gasteiger charge is 2.07. The van der Waals surface area contributed by atoms with Gasteiger partial charge in [0.15, 0.2) is 5.78 Å². The lowest BCUT2D eigenvalue weighted by atomic mass is 10.1. The van der Waals surface area contributed by atoms with Crippen LogP contribution in [-0.4, -0.2) is 19.4 Å². The van der Waals surface area contributed by atoms with E-state index < -0.39 is 0 Å². The summed E-state index contributed by atoms with van der Waals surface area (Å²) in [6, 6.07) is 4.13. The molecule has 0 aromatic heterocycles. The van der Waals surface area contributed by atoms with E-state index in [0.29, 0.717) is 11.1 Å². The zero-order chi connectivity index (χ0) is 10.6. The normalized spacial score (nSPS) is 10.2. The van der Waals surface area contributed by atoms with Crippen LogP contribution in [0.25, 0.3) is 0 Å². The Balaban J connectivity index is 2.99. The Morgan fingerprint density at radius 2 is 2.29 bits per heavy atom. The van der Waals surface area contributed by atoms with Crippen LogP contribution in [0.15, 0.2) is 18.2 Å². The van der Waals surface area contributed by atoms with Gasteiger partial charge in [0.25, 0.3) is 0 Å². The van der Waals surface area contributed by atoms with Gasteiger partial charge in [0.05, 0.1) is 13.2 Å². The fourth-order valence-electron chi connectivity index (χ4n) is 1.13. The van der Waals surface area contributed by atoms with E-state index in [4.69, 9.17) is 10.5 Å². The van der Waals surface area contributed by atoms with Crippen molar-refractivity contribution in [1.29, 1.82) is 0 Å². The fourth-order valence-corrected chi connectivity index (χ4v) is 1.13. The molecule has 1 rings (SSSR count). The Morgan fingerprint density at radius 1 is 1.57 bits per heavy atom. The zero-order valence-electron chi connectivity index (χ0n) is 7.92. The van der Waals surface area contributed by atoms with Crippen LogP contribution in [0.5, 0.6) is 0 Å². The number of Topliss-reactive ketones (excluding diaryl/α,β-unsaturated/α-hetero) is 1. The average Bonchev–Trinajstić information content (AvgIpc) is 2.20. The van der Waals surface area contributed by atoms with Crippen LogP contribution in [0.4, 0.5) is 4.39 Å². The molecule has 2 N–H and O–H groups in total. The van der Waals surface area contributed by atoms with Gasteiger partial charge in [0.2, 0.25) is 0 Å². The molecular weight excluding hydrogens is 185 g/mol. The molecule has 0 fully saturated rings. The number of carbonyl (C=O) groups is 1. The van der Waals surface area contributed by atoms with Crippen LogP contribution in [0.1, 0.15) is 15.9 Å². The van der Waals surface area contributed by atoms with Crippen molar-refractivity contribution < 1.29 is 13.9 Å². The van der Waals surface area contributed by atoms with E-state index in [9.17, 15) is 9.18 Å². The van der Waals surface area contributed by atoms with Crippen LogP contribution in [0.2, 0.25) is 0 Å². The Kier molecular flexibility index (Phi) is 3.73. The lowest BCUT2D eigenvalue weighted by Gasteiger charge is -2.04. The predicted molar refractivity (Wildman–Crippen MR) is 50.5 cm³/mol. The van der Waals surface area contributed by atoms with Gasteiger partial charge >= 0.3 is 0 Å². The lowest BCUT2D eigenvalue weighted by Crippen LogP contribution is -2.14. The molecule has 0 heterocycles. The van der Waals surface area contributed by atoms with Crippen LogP contribution < -0.4 is 5.73 Å². The Labute approximate surface area is 81.7 Å². The molecule has 0 unspecified atom stereocenters. The minimum atomic E-state index is -0.375. The molecule has 0 aliphatic heterocycles. The second-order valence-electron chi connectivity index (χ2n) is 2.87. The van der Waals surface area contributed by atoms with E-state index in [-0.39, 0.29) is 24.8 Å². The number of nitrogens with two attached hydrogens (primary N) is 1. The maximum Gasteiger partial charge on any atom is 0.176 e. The first-order valence-electron chi connectivity index (χ1n) is 4.19. The maximum absolute atomic E-state index is 13.1. The molecule has 4 heteroatoms. The van der Waals surface area contributed by atoms with Crippen molar-refractivity contribution >= 4 is 5.78 Å². The number of hydrogen-bond donors (Lipinski definition) is 1. The van der Waals surface area contributed by atoms with Crippen molar-refractivity contribution in [3.05, 3.63) is 35.1 Å². The Bertz CT molecular complexity index is 339. The van der Waals surface area contributed by atoms with Crippen molar-refractivity contribution in [2.75, 3.05) is 13.7 Å². The van der Waals surface area contributed by atoms with Crippen molar-refractivity contribution in [2.24, 2.45) is 5.73 Å². The standard InChI is InChI=1S/C10H12FNO2/c1-14-6-8-4-7(10(13)5-12)2-3-9(8)11/h2-4H,5-6,12H2,1H3. The SMILES string of the molecule is COCc1cc(C(=O)CN)ccc1F. The molecule has 76 valence electrons. The molecule has 0 spiro atoms. The van der Waals surface area contributed by atoms with Crippen molar-refractivity contribution in [1.82, 2.24) is 0 Å². The van der Waals surface area contributed by atoms with Gasteiger partial charge in [-0.1, -0.05) is 0 Å². The number of ketones is 1. The summed E-state index contributed by atoms with van der Waals surface area (Å²) in [6.07, 6.45) is 0. The summed E-state index contributed by atoms with van der Waals surface area (Å²) >= 11 is 0. The molecular formula is C10H12FNO2. The minimum Gasteiger partial charge on any atom is -0.380 e. The van der Waals surface area contributed by atoms with Gasteiger partial charge in [-0.25, -0.2) is 4.39 Å². The number of benzene rings is 1. The molecule has 14 heavy (non-hydrogen) atoms. The van der Waals surface area contributed by atoms with Crippen molar-refractivity contribution in [3.8, 4) is 0 Å². The van der Waals surface area contributed by atoms with Crippen LogP contribution in [0, 0.1) is 5.82 Å². The number of carbonyl (C=O) groups excluding carboxylic acids is 1. The van der Waals surface area contributed by atoms with Gasteiger partial charge in [-0.05, 0) is 18.2 Å². The van der Waals surface area contributed by atoms with Crippen LogP contribution >= 0.6 is 0 Å². The van der Waals surface area contributed by atoms with E-state index in [1.165, 1.54) is 25.3 Å². The summed E-state index contributed by atoms with van der Waals surface area (Å²) in [5.74, 6) is -0.581. The third-order valence-electron chi connectivity index (χ3n) is 1.85. The minimum absolute atomic E-state index is 0.0714. The monoisotopic (exact) mass is 197 g/mol. The quantitative estimate of drug-likeness (QED) is 0.736. The van der Waals surface area contributed by atoms with Crippen LogP contribution in [-0.2, 0) is 11.3 Å². The third kappa shape index (κ3) is 2.37. The summed E-state index contributed by atoms with van der Waals surface area (Å²) in [5, 5.41) is 0. The number of ether oxygens (including phenoxy) is 1. The first-order valence-corrected chi connectivity index (χ1v) is 4.19. The van der Waals surface area contributed by atoms with Crippen molar-refractivity contribution in [3.63, 3.8) is 0 Å². The van der Waals surface area contributed by atoms with E-state index in [0.717, 1.165) is 0 Å². The summed E-state index contributed by atoms with van der Waals surface area (Å²) < 4.78 is 17.9. The Hall–Kier alpha value is -1.26. The van der Waals surface area contributed by atoms with E-state index in [1.54, 1.807) is 0 Å². The van der Waals surface area contributed by atoms with E-state index >= 15 is 0 Å². The Morgan fingerprint density at radius 3 is 2.86 bits per heavy atom. The molecule has 3 nitrogen and oxygen atoms in total. The smallest absolute Gasteiger partial charge is 0.176 e. The molecule has 0 aliphatic rings. The number of halogens is 1. The maximum atomic E-state index is 13.1. The number of hydrogen-bond acceptors (Lipinski definition) is 3. The molecule has 0 saturated carbocycles. The molecule has 0 amide bonds. The van der Waals surface area contributed by atoms with Gasteiger partial charge < -0.3 is 10.5 Å². The lowest BCUT2D eigenvalue weighted by molar-refractivity contribution is 0.100. The molecule has 0 radical (unpaired) electrons. The van der Waals surface area contributed by atoms with Gasteiger partial charge in [-0.15, -0.1) is 0 Å².